The van der Waals surface area contributed by atoms with Crippen LogP contribution in [0.25, 0.3) is 0 Å². The fourth-order valence-electron chi connectivity index (χ4n) is 2.77. The zero-order chi connectivity index (χ0) is 14.7. The van der Waals surface area contributed by atoms with Crippen molar-refractivity contribution in [1.82, 2.24) is 9.97 Å². The van der Waals surface area contributed by atoms with Crippen LogP contribution in [-0.4, -0.2) is 9.97 Å². The maximum absolute atomic E-state index is 9.36. The van der Waals surface area contributed by atoms with E-state index >= 15 is 0 Å². The number of aromatic nitrogens is 2. The highest BCUT2D eigenvalue weighted by molar-refractivity contribution is 5.55. The summed E-state index contributed by atoms with van der Waals surface area (Å²) in [5.74, 6) is 0.697. The number of hydrogen-bond acceptors (Lipinski definition) is 4. The van der Waals surface area contributed by atoms with Gasteiger partial charge >= 0.3 is 0 Å². The van der Waals surface area contributed by atoms with Crippen molar-refractivity contribution in [3.05, 3.63) is 53.0 Å². The van der Waals surface area contributed by atoms with E-state index in [4.69, 9.17) is 4.98 Å². The average molecular weight is 278 g/mol. The molecule has 0 fully saturated rings. The van der Waals surface area contributed by atoms with Crippen LogP contribution >= 0.6 is 0 Å². The van der Waals surface area contributed by atoms with E-state index in [1.807, 2.05) is 18.2 Å². The van der Waals surface area contributed by atoms with E-state index < -0.39 is 0 Å². The number of nitrogens with zero attached hydrogens (tertiary/aromatic N) is 3. The standard InChI is InChI=1S/C17H18N4/c1-12(13-6-8-19-9-7-13)20-17-15(11-18)10-14-4-2-3-5-16(14)21-17/h6-10,12H,2-5H2,1H3,(H,20,21). The maximum Gasteiger partial charge on any atom is 0.144 e. The third-order valence-corrected chi connectivity index (χ3v) is 3.98. The van der Waals surface area contributed by atoms with Crippen LogP contribution in [-0.2, 0) is 12.8 Å². The van der Waals surface area contributed by atoms with Crippen molar-refractivity contribution in [3.63, 3.8) is 0 Å². The molecule has 2 heterocycles. The first-order chi connectivity index (χ1) is 10.3. The predicted octanol–water partition coefficient (Wildman–Crippen LogP) is 3.40. The molecule has 0 aliphatic heterocycles. The zero-order valence-electron chi connectivity index (χ0n) is 12.1. The Morgan fingerprint density at radius 3 is 2.76 bits per heavy atom. The van der Waals surface area contributed by atoms with Crippen molar-refractivity contribution in [2.45, 2.75) is 38.6 Å². The summed E-state index contributed by atoms with van der Waals surface area (Å²) in [5.41, 5.74) is 4.15. The van der Waals surface area contributed by atoms with E-state index in [0.717, 1.165) is 24.1 Å². The quantitative estimate of drug-likeness (QED) is 0.934. The number of rotatable bonds is 3. The molecule has 4 heteroatoms. The first-order valence-corrected chi connectivity index (χ1v) is 7.37. The summed E-state index contributed by atoms with van der Waals surface area (Å²) >= 11 is 0. The van der Waals surface area contributed by atoms with Crippen molar-refractivity contribution in [2.24, 2.45) is 0 Å². The number of pyridine rings is 2. The van der Waals surface area contributed by atoms with E-state index in [-0.39, 0.29) is 6.04 Å². The van der Waals surface area contributed by atoms with Crippen LogP contribution in [0.4, 0.5) is 5.82 Å². The molecule has 0 aromatic carbocycles. The molecule has 1 unspecified atom stereocenters. The molecule has 0 bridgehead atoms. The molecular weight excluding hydrogens is 260 g/mol. The van der Waals surface area contributed by atoms with Gasteiger partial charge in [0.25, 0.3) is 0 Å². The second kappa shape index (κ2) is 5.92. The van der Waals surface area contributed by atoms with E-state index in [9.17, 15) is 5.26 Å². The highest BCUT2D eigenvalue weighted by Crippen LogP contribution is 2.26. The van der Waals surface area contributed by atoms with Gasteiger partial charge in [0.15, 0.2) is 0 Å². The van der Waals surface area contributed by atoms with Gasteiger partial charge in [-0.1, -0.05) is 0 Å². The van der Waals surface area contributed by atoms with Crippen molar-refractivity contribution in [2.75, 3.05) is 5.32 Å². The van der Waals surface area contributed by atoms with Crippen LogP contribution in [0.2, 0.25) is 0 Å². The molecule has 106 valence electrons. The van der Waals surface area contributed by atoms with Gasteiger partial charge in [0.1, 0.15) is 11.9 Å². The second-order valence-corrected chi connectivity index (χ2v) is 5.46. The van der Waals surface area contributed by atoms with Crippen LogP contribution in [0.5, 0.6) is 0 Å². The lowest BCUT2D eigenvalue weighted by Gasteiger charge is -2.20. The number of anilines is 1. The van der Waals surface area contributed by atoms with Crippen molar-refractivity contribution < 1.29 is 0 Å². The van der Waals surface area contributed by atoms with Crippen LogP contribution in [0, 0.1) is 11.3 Å². The summed E-state index contributed by atoms with van der Waals surface area (Å²) < 4.78 is 0. The van der Waals surface area contributed by atoms with Gasteiger partial charge in [-0.15, -0.1) is 0 Å². The molecule has 0 radical (unpaired) electrons. The molecule has 1 atom stereocenters. The Hall–Kier alpha value is -2.41. The highest BCUT2D eigenvalue weighted by Gasteiger charge is 2.16. The summed E-state index contributed by atoms with van der Waals surface area (Å²) in [4.78, 5) is 8.73. The van der Waals surface area contributed by atoms with Crippen molar-refractivity contribution in [3.8, 4) is 6.07 Å². The number of hydrogen-bond donors (Lipinski definition) is 1. The fraction of sp³-hybridized carbons (Fsp3) is 0.353. The fourth-order valence-corrected chi connectivity index (χ4v) is 2.77. The first kappa shape index (κ1) is 13.6. The van der Waals surface area contributed by atoms with E-state index in [2.05, 4.69) is 23.3 Å². The second-order valence-electron chi connectivity index (χ2n) is 5.46. The Bertz CT molecular complexity index is 673. The minimum atomic E-state index is 0.0919. The Balaban J connectivity index is 1.89. The van der Waals surface area contributed by atoms with Gasteiger partial charge in [0.05, 0.1) is 11.6 Å². The summed E-state index contributed by atoms with van der Waals surface area (Å²) in [6.45, 7) is 2.07. The molecule has 0 amide bonds. The molecule has 2 aromatic heterocycles. The smallest absolute Gasteiger partial charge is 0.144 e. The van der Waals surface area contributed by atoms with Crippen LogP contribution in [0.3, 0.4) is 0 Å². The van der Waals surface area contributed by atoms with E-state index in [1.54, 1.807) is 12.4 Å². The molecule has 0 saturated heterocycles. The van der Waals surface area contributed by atoms with Gasteiger partial charge in [0, 0.05) is 18.1 Å². The van der Waals surface area contributed by atoms with Crippen LogP contribution in [0.1, 0.15) is 48.2 Å². The van der Waals surface area contributed by atoms with Crippen LogP contribution < -0.4 is 5.32 Å². The highest BCUT2D eigenvalue weighted by atomic mass is 15.0. The monoisotopic (exact) mass is 278 g/mol. The Labute approximate surface area is 124 Å². The molecule has 21 heavy (non-hydrogen) atoms. The third-order valence-electron chi connectivity index (χ3n) is 3.98. The lowest BCUT2D eigenvalue weighted by atomic mass is 9.95. The average Bonchev–Trinajstić information content (AvgIpc) is 2.55. The Morgan fingerprint density at radius 2 is 2.00 bits per heavy atom. The van der Waals surface area contributed by atoms with Gasteiger partial charge in [-0.25, -0.2) is 4.98 Å². The summed E-state index contributed by atoms with van der Waals surface area (Å²) in [5, 5.41) is 12.7. The number of nitrogens with one attached hydrogen (secondary N) is 1. The Kier molecular flexibility index (Phi) is 3.83. The van der Waals surface area contributed by atoms with Gasteiger partial charge < -0.3 is 5.32 Å². The largest absolute Gasteiger partial charge is 0.362 e. The first-order valence-electron chi connectivity index (χ1n) is 7.37. The SMILES string of the molecule is CC(Nc1nc2c(cc1C#N)CCCC2)c1ccncc1. The topological polar surface area (TPSA) is 61.6 Å². The summed E-state index contributed by atoms with van der Waals surface area (Å²) in [6, 6.07) is 8.31. The summed E-state index contributed by atoms with van der Waals surface area (Å²) in [7, 11) is 0. The minimum absolute atomic E-state index is 0.0919. The van der Waals surface area contributed by atoms with Gasteiger partial charge in [-0.3, -0.25) is 4.98 Å². The molecule has 1 aliphatic rings. The zero-order valence-corrected chi connectivity index (χ0v) is 12.1. The van der Waals surface area contributed by atoms with Crippen molar-refractivity contribution >= 4 is 5.82 Å². The summed E-state index contributed by atoms with van der Waals surface area (Å²) in [6.07, 6.45) is 7.99. The molecule has 1 aliphatic carbocycles. The molecule has 1 N–H and O–H groups in total. The molecule has 3 rings (SSSR count). The van der Waals surface area contributed by atoms with Crippen LogP contribution in [0.15, 0.2) is 30.6 Å². The van der Waals surface area contributed by atoms with Gasteiger partial charge in [-0.2, -0.15) is 5.26 Å². The molecule has 4 nitrogen and oxygen atoms in total. The maximum atomic E-state index is 9.36. The number of aryl methyl sites for hydroxylation is 2. The predicted molar refractivity (Wildman–Crippen MR) is 81.9 cm³/mol. The molecule has 2 aromatic rings. The number of nitriles is 1. The van der Waals surface area contributed by atoms with Crippen molar-refractivity contribution in [1.29, 1.82) is 5.26 Å². The molecule has 0 saturated carbocycles. The lowest BCUT2D eigenvalue weighted by Crippen LogP contribution is -2.13. The van der Waals surface area contributed by atoms with Gasteiger partial charge in [0.2, 0.25) is 0 Å². The number of fused-ring (bicyclic) bond motifs is 1. The third kappa shape index (κ3) is 2.87. The normalized spacial score (nSPS) is 14.9. The minimum Gasteiger partial charge on any atom is -0.362 e. The van der Waals surface area contributed by atoms with E-state index in [0.29, 0.717) is 11.4 Å². The molecular formula is C17H18N4. The van der Waals surface area contributed by atoms with Gasteiger partial charge in [-0.05, 0) is 61.9 Å². The Morgan fingerprint density at radius 1 is 1.24 bits per heavy atom. The van der Waals surface area contributed by atoms with E-state index in [1.165, 1.54) is 18.4 Å². The lowest BCUT2D eigenvalue weighted by molar-refractivity contribution is 0.667. The molecule has 0 spiro atoms.